The minimum atomic E-state index is -0.134. The van der Waals surface area contributed by atoms with Gasteiger partial charge in [-0.3, -0.25) is 9.59 Å². The van der Waals surface area contributed by atoms with Gasteiger partial charge in [0.05, 0.1) is 0 Å². The number of carbonyl (C=O) groups is 2. The molecule has 0 radical (unpaired) electrons. The summed E-state index contributed by atoms with van der Waals surface area (Å²) in [7, 11) is 0. The van der Waals surface area contributed by atoms with Crippen molar-refractivity contribution in [3.05, 3.63) is 60.2 Å². The number of piperidine rings is 1. The first-order chi connectivity index (χ1) is 12.6. The van der Waals surface area contributed by atoms with Gasteiger partial charge >= 0.3 is 0 Å². The van der Waals surface area contributed by atoms with E-state index in [-0.39, 0.29) is 11.8 Å². The van der Waals surface area contributed by atoms with E-state index in [4.69, 9.17) is 0 Å². The zero-order valence-corrected chi connectivity index (χ0v) is 15.8. The Hall–Kier alpha value is -2.27. The van der Waals surface area contributed by atoms with Crippen LogP contribution in [-0.2, 0) is 4.79 Å². The summed E-state index contributed by atoms with van der Waals surface area (Å²) < 4.78 is 0. The van der Waals surface area contributed by atoms with Crippen molar-refractivity contribution in [3.63, 3.8) is 0 Å². The number of amides is 2. The first kappa shape index (κ1) is 18.5. The molecule has 1 N–H and O–H groups in total. The van der Waals surface area contributed by atoms with Crippen molar-refractivity contribution < 1.29 is 9.59 Å². The zero-order valence-electron chi connectivity index (χ0n) is 15.0. The third-order valence-electron chi connectivity index (χ3n) is 4.47. The molecule has 2 aromatic carbocycles. The molecule has 0 bridgehead atoms. The maximum absolute atomic E-state index is 12.9. The van der Waals surface area contributed by atoms with Crippen LogP contribution in [0.15, 0.2) is 59.5 Å². The number of likely N-dealkylation sites (tertiary alicyclic amines) is 1. The van der Waals surface area contributed by atoms with Crippen LogP contribution in [0.2, 0.25) is 0 Å². The Morgan fingerprint density at radius 2 is 1.96 bits per heavy atom. The first-order valence-electron chi connectivity index (χ1n) is 8.96. The lowest BCUT2D eigenvalue weighted by atomic mass is 9.99. The Balaban J connectivity index is 1.60. The van der Waals surface area contributed by atoms with E-state index < -0.39 is 0 Å². The number of nitrogens with one attached hydrogen (secondary N) is 1. The lowest BCUT2D eigenvalue weighted by Gasteiger charge is -2.32. The molecule has 5 heteroatoms. The largest absolute Gasteiger partial charge is 0.338 e. The standard InChI is InChI=1S/C21H24N2O2S/c1-16(24)22-19-9-5-8-18(13-19)21(25)23-12-6-7-17(14-23)15-26-20-10-3-2-4-11-20/h2-5,8-11,13,17H,6-7,12,14-15H2,1H3,(H,22,24). The van der Waals surface area contributed by atoms with E-state index in [0.717, 1.165) is 31.7 Å². The highest BCUT2D eigenvalue weighted by Gasteiger charge is 2.24. The molecule has 3 rings (SSSR count). The van der Waals surface area contributed by atoms with Gasteiger partial charge in [-0.1, -0.05) is 24.3 Å². The van der Waals surface area contributed by atoms with Crippen LogP contribution in [0.3, 0.4) is 0 Å². The molecule has 1 saturated heterocycles. The van der Waals surface area contributed by atoms with Crippen LogP contribution in [0, 0.1) is 5.92 Å². The molecule has 1 aliphatic rings. The van der Waals surface area contributed by atoms with Crippen LogP contribution in [-0.4, -0.2) is 35.6 Å². The predicted octanol–water partition coefficient (Wildman–Crippen LogP) is 4.29. The molecular formula is C21H24N2O2S. The van der Waals surface area contributed by atoms with E-state index in [0.29, 0.717) is 17.2 Å². The number of hydrogen-bond acceptors (Lipinski definition) is 3. The second-order valence-corrected chi connectivity index (χ2v) is 7.74. The topological polar surface area (TPSA) is 49.4 Å². The summed E-state index contributed by atoms with van der Waals surface area (Å²) in [6.07, 6.45) is 2.20. The fourth-order valence-electron chi connectivity index (χ4n) is 3.23. The van der Waals surface area contributed by atoms with Crippen molar-refractivity contribution in [1.29, 1.82) is 0 Å². The Kier molecular flexibility index (Phi) is 6.34. The maximum atomic E-state index is 12.9. The molecule has 2 aromatic rings. The Bertz CT molecular complexity index is 764. The van der Waals surface area contributed by atoms with E-state index in [1.165, 1.54) is 11.8 Å². The SMILES string of the molecule is CC(=O)Nc1cccc(C(=O)N2CCCC(CSc3ccccc3)C2)c1. The van der Waals surface area contributed by atoms with E-state index >= 15 is 0 Å². The number of nitrogens with zero attached hydrogens (tertiary/aromatic N) is 1. The van der Waals surface area contributed by atoms with Crippen molar-refractivity contribution in [2.75, 3.05) is 24.2 Å². The number of hydrogen-bond donors (Lipinski definition) is 1. The number of thioether (sulfide) groups is 1. The van der Waals surface area contributed by atoms with E-state index in [1.54, 1.807) is 12.1 Å². The normalized spacial score (nSPS) is 17.0. The van der Waals surface area contributed by atoms with Crippen LogP contribution in [0.5, 0.6) is 0 Å². The van der Waals surface area contributed by atoms with Gasteiger partial charge in [0, 0.05) is 41.9 Å². The van der Waals surface area contributed by atoms with Crippen molar-refractivity contribution in [3.8, 4) is 0 Å². The third-order valence-corrected chi connectivity index (χ3v) is 5.71. The van der Waals surface area contributed by atoms with Gasteiger partial charge in [0.25, 0.3) is 5.91 Å². The third kappa shape index (κ3) is 5.11. The molecule has 0 aliphatic carbocycles. The minimum absolute atomic E-state index is 0.0478. The second-order valence-electron chi connectivity index (χ2n) is 6.65. The first-order valence-corrected chi connectivity index (χ1v) is 9.95. The summed E-state index contributed by atoms with van der Waals surface area (Å²) >= 11 is 1.86. The maximum Gasteiger partial charge on any atom is 0.253 e. The van der Waals surface area contributed by atoms with Crippen LogP contribution < -0.4 is 5.32 Å². The van der Waals surface area contributed by atoms with Crippen molar-refractivity contribution in [2.24, 2.45) is 5.92 Å². The highest BCUT2D eigenvalue weighted by atomic mass is 32.2. The highest BCUT2D eigenvalue weighted by Crippen LogP contribution is 2.26. The monoisotopic (exact) mass is 368 g/mol. The summed E-state index contributed by atoms with van der Waals surface area (Å²) in [5.74, 6) is 1.45. The van der Waals surface area contributed by atoms with E-state index in [1.807, 2.05) is 34.9 Å². The quantitative estimate of drug-likeness (QED) is 0.801. The fourth-order valence-corrected chi connectivity index (χ4v) is 4.28. The minimum Gasteiger partial charge on any atom is -0.338 e. The molecule has 0 aromatic heterocycles. The lowest BCUT2D eigenvalue weighted by Crippen LogP contribution is -2.40. The molecular weight excluding hydrogens is 344 g/mol. The Morgan fingerprint density at radius 1 is 1.15 bits per heavy atom. The summed E-state index contributed by atoms with van der Waals surface area (Å²) in [6, 6.07) is 17.6. The fraction of sp³-hybridized carbons (Fsp3) is 0.333. The molecule has 0 saturated carbocycles. The van der Waals surface area contributed by atoms with Gasteiger partial charge in [-0.05, 0) is 49.1 Å². The smallest absolute Gasteiger partial charge is 0.253 e. The van der Waals surface area contributed by atoms with Gasteiger partial charge in [-0.25, -0.2) is 0 Å². The van der Waals surface area contributed by atoms with Crippen molar-refractivity contribution in [2.45, 2.75) is 24.7 Å². The number of rotatable bonds is 5. The van der Waals surface area contributed by atoms with Crippen LogP contribution in [0.25, 0.3) is 0 Å². The molecule has 1 fully saturated rings. The highest BCUT2D eigenvalue weighted by molar-refractivity contribution is 7.99. The number of benzene rings is 2. The summed E-state index contributed by atoms with van der Waals surface area (Å²) in [5.41, 5.74) is 1.30. The average Bonchev–Trinajstić information content (AvgIpc) is 2.66. The predicted molar refractivity (Wildman–Crippen MR) is 107 cm³/mol. The molecule has 136 valence electrons. The van der Waals surface area contributed by atoms with E-state index in [2.05, 4.69) is 29.6 Å². The number of anilines is 1. The summed E-state index contributed by atoms with van der Waals surface area (Å²) in [4.78, 5) is 27.3. The van der Waals surface area contributed by atoms with Crippen molar-refractivity contribution in [1.82, 2.24) is 4.90 Å². The molecule has 1 atom stereocenters. The van der Waals surface area contributed by atoms with Crippen molar-refractivity contribution >= 4 is 29.3 Å². The molecule has 1 aliphatic heterocycles. The average molecular weight is 369 g/mol. The Morgan fingerprint density at radius 3 is 2.73 bits per heavy atom. The van der Waals surface area contributed by atoms with Gasteiger partial charge in [-0.2, -0.15) is 0 Å². The summed E-state index contributed by atoms with van der Waals surface area (Å²) in [5, 5.41) is 2.74. The van der Waals surface area contributed by atoms with Crippen LogP contribution >= 0.6 is 11.8 Å². The Labute approximate surface area is 159 Å². The summed E-state index contributed by atoms with van der Waals surface area (Å²) in [6.45, 7) is 3.06. The molecule has 0 spiro atoms. The van der Waals surface area contributed by atoms with Crippen LogP contribution in [0.4, 0.5) is 5.69 Å². The lowest BCUT2D eigenvalue weighted by molar-refractivity contribution is -0.114. The van der Waals surface area contributed by atoms with Gasteiger partial charge in [-0.15, -0.1) is 11.8 Å². The molecule has 26 heavy (non-hydrogen) atoms. The van der Waals surface area contributed by atoms with E-state index in [9.17, 15) is 9.59 Å². The molecule has 4 nitrogen and oxygen atoms in total. The van der Waals surface area contributed by atoms with Gasteiger partial charge in [0.2, 0.25) is 5.91 Å². The molecule has 2 amide bonds. The van der Waals surface area contributed by atoms with Gasteiger partial charge < -0.3 is 10.2 Å². The van der Waals surface area contributed by atoms with Gasteiger partial charge in [0.15, 0.2) is 0 Å². The molecule has 1 unspecified atom stereocenters. The molecule has 1 heterocycles. The zero-order chi connectivity index (χ0) is 18.4. The number of carbonyl (C=O) groups excluding carboxylic acids is 2. The second kappa shape index (κ2) is 8.90. The van der Waals surface area contributed by atoms with Crippen LogP contribution in [0.1, 0.15) is 30.1 Å². The van der Waals surface area contributed by atoms with Gasteiger partial charge in [0.1, 0.15) is 0 Å².